The maximum absolute atomic E-state index is 4.48. The largest absolute Gasteiger partial charge is 0.353 e. The van der Waals surface area contributed by atoms with Crippen LogP contribution in [0, 0.1) is 13.8 Å². The zero-order valence-corrected chi connectivity index (χ0v) is 16.4. The lowest BCUT2D eigenvalue weighted by Crippen LogP contribution is -2.47. The molecule has 0 amide bonds. The van der Waals surface area contributed by atoms with Crippen LogP contribution in [0.3, 0.4) is 0 Å². The van der Waals surface area contributed by atoms with Crippen LogP contribution in [-0.4, -0.2) is 51.1 Å². The van der Waals surface area contributed by atoms with Crippen molar-refractivity contribution in [1.82, 2.24) is 25.0 Å². The monoisotopic (exact) mass is 413 g/mol. The molecular formula is C18H20BrN7. The molecule has 0 bridgehead atoms. The standard InChI is InChI=1S/C18H20BrN7/c1-13-11-14(2)26(23-13)18-6-5-17(21-22-18)25-9-7-24(8-10-25)16-4-3-15(19)12-20-16/h3-6,11-12H,7-10H2,1-2H3. The van der Waals surface area contributed by atoms with E-state index in [9.17, 15) is 0 Å². The predicted molar refractivity (Wildman–Crippen MR) is 105 cm³/mol. The van der Waals surface area contributed by atoms with E-state index in [0.29, 0.717) is 0 Å². The molecule has 3 aromatic rings. The number of hydrogen-bond acceptors (Lipinski definition) is 6. The van der Waals surface area contributed by atoms with E-state index in [4.69, 9.17) is 0 Å². The summed E-state index contributed by atoms with van der Waals surface area (Å²) in [6.45, 7) is 7.61. The van der Waals surface area contributed by atoms with Gasteiger partial charge in [0.15, 0.2) is 11.6 Å². The molecule has 1 aliphatic rings. The van der Waals surface area contributed by atoms with Crippen molar-refractivity contribution >= 4 is 27.6 Å². The highest BCUT2D eigenvalue weighted by molar-refractivity contribution is 9.10. The van der Waals surface area contributed by atoms with Crippen LogP contribution in [0.4, 0.5) is 11.6 Å². The summed E-state index contributed by atoms with van der Waals surface area (Å²) in [6, 6.07) is 10.1. The van der Waals surface area contributed by atoms with E-state index >= 15 is 0 Å². The summed E-state index contributed by atoms with van der Waals surface area (Å²) < 4.78 is 2.82. The van der Waals surface area contributed by atoms with Gasteiger partial charge in [0.05, 0.1) is 5.69 Å². The lowest BCUT2D eigenvalue weighted by Gasteiger charge is -2.35. The van der Waals surface area contributed by atoms with Crippen LogP contribution in [0.1, 0.15) is 11.4 Å². The minimum Gasteiger partial charge on any atom is -0.353 e. The van der Waals surface area contributed by atoms with E-state index in [-0.39, 0.29) is 0 Å². The number of aryl methyl sites for hydroxylation is 2. The minimum absolute atomic E-state index is 0.747. The Morgan fingerprint density at radius 3 is 2.00 bits per heavy atom. The second-order valence-electron chi connectivity index (χ2n) is 6.40. The molecule has 7 nitrogen and oxygen atoms in total. The number of aromatic nitrogens is 5. The number of anilines is 2. The van der Waals surface area contributed by atoms with Gasteiger partial charge in [-0.05, 0) is 60.1 Å². The molecule has 0 aliphatic carbocycles. The highest BCUT2D eigenvalue weighted by atomic mass is 79.9. The van der Waals surface area contributed by atoms with Crippen molar-refractivity contribution in [3.63, 3.8) is 0 Å². The highest BCUT2D eigenvalue weighted by Gasteiger charge is 2.19. The summed E-state index contributed by atoms with van der Waals surface area (Å²) in [6.07, 6.45) is 1.84. The Balaban J connectivity index is 1.43. The fraction of sp³-hybridized carbons (Fsp3) is 0.333. The third kappa shape index (κ3) is 3.41. The first-order valence-electron chi connectivity index (χ1n) is 8.59. The van der Waals surface area contributed by atoms with Gasteiger partial charge in [-0.3, -0.25) is 0 Å². The summed E-state index contributed by atoms with van der Waals surface area (Å²) in [5.74, 6) is 2.66. The fourth-order valence-corrected chi connectivity index (χ4v) is 3.41. The van der Waals surface area contributed by atoms with Gasteiger partial charge in [-0.1, -0.05) is 0 Å². The van der Waals surface area contributed by atoms with Crippen molar-refractivity contribution in [2.24, 2.45) is 0 Å². The first-order valence-corrected chi connectivity index (χ1v) is 9.38. The normalized spacial score (nSPS) is 14.7. The van der Waals surface area contributed by atoms with Crippen LogP contribution in [0.5, 0.6) is 0 Å². The number of rotatable bonds is 3. The molecule has 1 aliphatic heterocycles. The second kappa shape index (κ2) is 7.03. The molecule has 1 fully saturated rings. The van der Waals surface area contributed by atoms with Crippen LogP contribution in [-0.2, 0) is 0 Å². The Hall–Kier alpha value is -2.48. The summed E-state index contributed by atoms with van der Waals surface area (Å²) in [5.41, 5.74) is 2.03. The number of piperazine rings is 1. The summed E-state index contributed by atoms with van der Waals surface area (Å²) in [5, 5.41) is 13.2. The van der Waals surface area contributed by atoms with Crippen molar-refractivity contribution in [2.45, 2.75) is 13.8 Å². The smallest absolute Gasteiger partial charge is 0.176 e. The lowest BCUT2D eigenvalue weighted by molar-refractivity contribution is 0.636. The second-order valence-corrected chi connectivity index (χ2v) is 7.31. The summed E-state index contributed by atoms with van der Waals surface area (Å²) in [4.78, 5) is 9.03. The van der Waals surface area contributed by atoms with Gasteiger partial charge in [-0.25, -0.2) is 9.67 Å². The molecule has 4 rings (SSSR count). The molecular weight excluding hydrogens is 394 g/mol. The van der Waals surface area contributed by atoms with Gasteiger partial charge < -0.3 is 9.80 Å². The quantitative estimate of drug-likeness (QED) is 0.657. The Morgan fingerprint density at radius 1 is 0.846 bits per heavy atom. The van der Waals surface area contributed by atoms with Gasteiger partial charge in [0.2, 0.25) is 0 Å². The van der Waals surface area contributed by atoms with Gasteiger partial charge in [-0.15, -0.1) is 10.2 Å². The molecule has 0 atom stereocenters. The van der Waals surface area contributed by atoms with Crippen molar-refractivity contribution in [3.05, 3.63) is 52.4 Å². The van der Waals surface area contributed by atoms with Gasteiger partial charge in [0.1, 0.15) is 5.82 Å². The summed E-state index contributed by atoms with van der Waals surface area (Å²) in [7, 11) is 0. The summed E-state index contributed by atoms with van der Waals surface area (Å²) >= 11 is 3.43. The van der Waals surface area contributed by atoms with Crippen LogP contribution < -0.4 is 9.80 Å². The van der Waals surface area contributed by atoms with E-state index in [1.54, 1.807) is 0 Å². The van der Waals surface area contributed by atoms with Crippen LogP contribution in [0.2, 0.25) is 0 Å². The molecule has 8 heteroatoms. The molecule has 0 unspecified atom stereocenters. The van der Waals surface area contributed by atoms with Crippen molar-refractivity contribution in [1.29, 1.82) is 0 Å². The van der Waals surface area contributed by atoms with Crippen molar-refractivity contribution < 1.29 is 0 Å². The maximum Gasteiger partial charge on any atom is 0.176 e. The first kappa shape index (κ1) is 17.0. The van der Waals surface area contributed by atoms with E-state index in [0.717, 1.165) is 59.5 Å². The molecule has 134 valence electrons. The van der Waals surface area contributed by atoms with Crippen LogP contribution in [0.15, 0.2) is 41.0 Å². The van der Waals surface area contributed by atoms with Gasteiger partial charge in [-0.2, -0.15) is 5.10 Å². The van der Waals surface area contributed by atoms with Gasteiger partial charge in [0.25, 0.3) is 0 Å². The van der Waals surface area contributed by atoms with Crippen molar-refractivity contribution in [3.8, 4) is 5.82 Å². The number of halogens is 1. The third-order valence-electron chi connectivity index (χ3n) is 4.50. The van der Waals surface area contributed by atoms with E-state index in [1.165, 1.54) is 0 Å². The number of hydrogen-bond donors (Lipinski definition) is 0. The molecule has 1 saturated heterocycles. The fourth-order valence-electron chi connectivity index (χ4n) is 3.18. The van der Waals surface area contributed by atoms with E-state index in [1.807, 2.05) is 55.1 Å². The molecule has 0 N–H and O–H groups in total. The zero-order chi connectivity index (χ0) is 18.1. The maximum atomic E-state index is 4.48. The number of nitrogens with zero attached hydrogens (tertiary/aromatic N) is 7. The number of pyridine rings is 1. The van der Waals surface area contributed by atoms with E-state index in [2.05, 4.69) is 46.0 Å². The Kier molecular flexibility index (Phi) is 4.58. The molecule has 26 heavy (non-hydrogen) atoms. The lowest BCUT2D eigenvalue weighted by atomic mass is 10.3. The SMILES string of the molecule is Cc1cc(C)n(-c2ccc(N3CCN(c4ccc(Br)cn4)CC3)nn2)n1. The first-order chi connectivity index (χ1) is 12.6. The van der Waals surface area contributed by atoms with Crippen LogP contribution >= 0.6 is 15.9 Å². The average molecular weight is 414 g/mol. The molecule has 0 aromatic carbocycles. The Bertz CT molecular complexity index is 881. The van der Waals surface area contributed by atoms with E-state index < -0.39 is 0 Å². The topological polar surface area (TPSA) is 63.0 Å². The Morgan fingerprint density at radius 2 is 1.46 bits per heavy atom. The average Bonchev–Trinajstić information content (AvgIpc) is 3.01. The molecule has 4 heterocycles. The molecule has 0 radical (unpaired) electrons. The minimum atomic E-state index is 0.747. The molecule has 3 aromatic heterocycles. The third-order valence-corrected chi connectivity index (χ3v) is 4.97. The van der Waals surface area contributed by atoms with Crippen molar-refractivity contribution in [2.75, 3.05) is 36.0 Å². The van der Waals surface area contributed by atoms with Gasteiger partial charge >= 0.3 is 0 Å². The van der Waals surface area contributed by atoms with Crippen LogP contribution in [0.25, 0.3) is 5.82 Å². The zero-order valence-electron chi connectivity index (χ0n) is 14.8. The Labute approximate surface area is 160 Å². The van der Waals surface area contributed by atoms with Gasteiger partial charge in [0, 0.05) is 42.5 Å². The molecule has 0 spiro atoms. The highest BCUT2D eigenvalue weighted by Crippen LogP contribution is 2.19. The predicted octanol–water partition coefficient (Wildman–Crippen LogP) is 2.76. The molecule has 0 saturated carbocycles.